The summed E-state index contributed by atoms with van der Waals surface area (Å²) in [6, 6.07) is 7.95. The second-order valence-electron chi connectivity index (χ2n) is 4.69. The lowest BCUT2D eigenvalue weighted by atomic mass is 10.1. The molecule has 1 unspecified atom stereocenters. The first-order valence-electron chi connectivity index (χ1n) is 5.90. The molecule has 3 rings (SSSR count). The van der Waals surface area contributed by atoms with Crippen molar-refractivity contribution in [3.8, 4) is 11.5 Å². The molecular weight excluding hydrogens is 214 g/mol. The smallest absolute Gasteiger partial charge is 0.257 e. The third-order valence-electron chi connectivity index (χ3n) is 3.17. The van der Waals surface area contributed by atoms with E-state index in [1.54, 1.807) is 0 Å². The Morgan fingerprint density at radius 1 is 1.29 bits per heavy atom. The maximum absolute atomic E-state index is 6.03. The zero-order chi connectivity index (χ0) is 11.8. The molecule has 1 aliphatic carbocycles. The van der Waals surface area contributed by atoms with Gasteiger partial charge < -0.3 is 10.3 Å². The van der Waals surface area contributed by atoms with Crippen LogP contribution in [0.4, 0.5) is 0 Å². The Hall–Kier alpha value is -1.68. The quantitative estimate of drug-likeness (QED) is 0.878. The van der Waals surface area contributed by atoms with Gasteiger partial charge in [0.2, 0.25) is 0 Å². The van der Waals surface area contributed by atoms with E-state index < -0.39 is 0 Å². The van der Waals surface area contributed by atoms with Crippen LogP contribution in [-0.2, 0) is 0 Å². The van der Waals surface area contributed by atoms with Gasteiger partial charge in [-0.25, -0.2) is 0 Å². The summed E-state index contributed by atoms with van der Waals surface area (Å²) in [5.41, 5.74) is 8.18. The third-order valence-corrected chi connectivity index (χ3v) is 3.17. The van der Waals surface area contributed by atoms with Crippen molar-refractivity contribution in [3.63, 3.8) is 0 Å². The predicted octanol–water partition coefficient (Wildman–Crippen LogP) is 2.45. The van der Waals surface area contributed by atoms with Crippen molar-refractivity contribution in [2.75, 3.05) is 0 Å². The van der Waals surface area contributed by atoms with Gasteiger partial charge in [-0.15, -0.1) is 0 Å². The molecule has 1 aromatic carbocycles. The van der Waals surface area contributed by atoms with E-state index in [-0.39, 0.29) is 6.04 Å². The molecule has 0 radical (unpaired) electrons. The lowest BCUT2D eigenvalue weighted by Crippen LogP contribution is -2.13. The Bertz CT molecular complexity index is 514. The van der Waals surface area contributed by atoms with Crippen molar-refractivity contribution in [1.29, 1.82) is 0 Å². The molecule has 1 aliphatic rings. The van der Waals surface area contributed by atoms with Gasteiger partial charge in [0.1, 0.15) is 0 Å². The zero-order valence-corrected chi connectivity index (χ0v) is 9.76. The van der Waals surface area contributed by atoms with Crippen LogP contribution in [0.1, 0.15) is 30.3 Å². The third kappa shape index (κ3) is 2.08. The van der Waals surface area contributed by atoms with Crippen LogP contribution >= 0.6 is 0 Å². The molecular formula is C13H15N3O. The second-order valence-corrected chi connectivity index (χ2v) is 4.69. The van der Waals surface area contributed by atoms with Gasteiger partial charge in [0.05, 0.1) is 6.04 Å². The average Bonchev–Trinajstić information content (AvgIpc) is 3.07. The van der Waals surface area contributed by atoms with Gasteiger partial charge in [0.25, 0.3) is 5.89 Å². The Morgan fingerprint density at radius 2 is 2.00 bits per heavy atom. The summed E-state index contributed by atoms with van der Waals surface area (Å²) in [7, 11) is 0. The van der Waals surface area contributed by atoms with Crippen molar-refractivity contribution >= 4 is 0 Å². The maximum atomic E-state index is 6.03. The predicted molar refractivity (Wildman–Crippen MR) is 64.1 cm³/mol. The van der Waals surface area contributed by atoms with E-state index in [1.807, 2.05) is 31.2 Å². The molecule has 4 nitrogen and oxygen atoms in total. The first kappa shape index (κ1) is 10.5. The minimum Gasteiger partial charge on any atom is -0.334 e. The summed E-state index contributed by atoms with van der Waals surface area (Å²) < 4.78 is 5.25. The number of rotatable bonds is 3. The standard InChI is InChI=1S/C13H15N3O/c1-8-2-4-10(5-3-8)13-15-12(16-17-13)11(14)9-6-7-9/h2-5,9,11H,6-7,14H2,1H3. The Balaban J connectivity index is 1.86. The van der Waals surface area contributed by atoms with Gasteiger partial charge in [0.15, 0.2) is 5.82 Å². The Kier molecular flexibility index (Phi) is 2.44. The molecule has 1 aromatic heterocycles. The topological polar surface area (TPSA) is 64.9 Å². The molecule has 4 heteroatoms. The summed E-state index contributed by atoms with van der Waals surface area (Å²) in [6.07, 6.45) is 2.35. The molecule has 2 N–H and O–H groups in total. The number of nitrogens with two attached hydrogens (primary N) is 1. The van der Waals surface area contributed by atoms with Crippen LogP contribution in [0.2, 0.25) is 0 Å². The van der Waals surface area contributed by atoms with Crippen molar-refractivity contribution in [2.24, 2.45) is 11.7 Å². The Morgan fingerprint density at radius 3 is 2.65 bits per heavy atom. The van der Waals surface area contributed by atoms with Crippen LogP contribution in [-0.4, -0.2) is 10.1 Å². The lowest BCUT2D eigenvalue weighted by Gasteiger charge is -2.01. The molecule has 1 saturated carbocycles. The van der Waals surface area contributed by atoms with E-state index in [4.69, 9.17) is 10.3 Å². The van der Waals surface area contributed by atoms with Gasteiger partial charge in [-0.1, -0.05) is 22.9 Å². The lowest BCUT2D eigenvalue weighted by molar-refractivity contribution is 0.411. The average molecular weight is 229 g/mol. The highest BCUT2D eigenvalue weighted by Crippen LogP contribution is 2.38. The van der Waals surface area contributed by atoms with Crippen LogP contribution < -0.4 is 5.73 Å². The number of aryl methyl sites for hydroxylation is 1. The zero-order valence-electron chi connectivity index (χ0n) is 9.76. The molecule has 0 aliphatic heterocycles. The molecule has 0 saturated heterocycles. The summed E-state index contributed by atoms with van der Waals surface area (Å²) in [5.74, 6) is 1.72. The molecule has 0 spiro atoms. The SMILES string of the molecule is Cc1ccc(-c2nc(C(N)C3CC3)no2)cc1. The van der Waals surface area contributed by atoms with E-state index in [1.165, 1.54) is 18.4 Å². The number of hydrogen-bond donors (Lipinski definition) is 1. The summed E-state index contributed by atoms with van der Waals surface area (Å²) in [4.78, 5) is 4.37. The fourth-order valence-electron chi connectivity index (χ4n) is 1.85. The van der Waals surface area contributed by atoms with Crippen LogP contribution in [0.25, 0.3) is 11.5 Å². The van der Waals surface area contributed by atoms with E-state index in [0.29, 0.717) is 17.6 Å². The minimum atomic E-state index is -0.0713. The molecule has 88 valence electrons. The van der Waals surface area contributed by atoms with Crippen LogP contribution in [0, 0.1) is 12.8 Å². The van der Waals surface area contributed by atoms with E-state index in [2.05, 4.69) is 10.1 Å². The number of benzene rings is 1. The summed E-state index contributed by atoms with van der Waals surface area (Å²) in [5, 5.41) is 3.97. The van der Waals surface area contributed by atoms with Crippen molar-refractivity contribution in [3.05, 3.63) is 35.7 Å². The van der Waals surface area contributed by atoms with Crippen LogP contribution in [0.15, 0.2) is 28.8 Å². The summed E-state index contributed by atoms with van der Waals surface area (Å²) in [6.45, 7) is 2.05. The largest absolute Gasteiger partial charge is 0.334 e. The van der Waals surface area contributed by atoms with Gasteiger partial charge >= 0.3 is 0 Å². The van der Waals surface area contributed by atoms with Crippen LogP contribution in [0.3, 0.4) is 0 Å². The van der Waals surface area contributed by atoms with Crippen molar-refractivity contribution in [2.45, 2.75) is 25.8 Å². The summed E-state index contributed by atoms with van der Waals surface area (Å²) >= 11 is 0. The van der Waals surface area contributed by atoms with Crippen molar-refractivity contribution < 1.29 is 4.52 Å². The molecule has 1 atom stereocenters. The molecule has 1 fully saturated rings. The fourth-order valence-corrected chi connectivity index (χ4v) is 1.85. The van der Waals surface area contributed by atoms with E-state index >= 15 is 0 Å². The van der Waals surface area contributed by atoms with Crippen LogP contribution in [0.5, 0.6) is 0 Å². The van der Waals surface area contributed by atoms with Gasteiger partial charge in [-0.2, -0.15) is 4.98 Å². The fraction of sp³-hybridized carbons (Fsp3) is 0.385. The number of nitrogens with zero attached hydrogens (tertiary/aromatic N) is 2. The van der Waals surface area contributed by atoms with Gasteiger partial charge in [-0.3, -0.25) is 0 Å². The van der Waals surface area contributed by atoms with Crippen molar-refractivity contribution in [1.82, 2.24) is 10.1 Å². The first-order chi connectivity index (χ1) is 8.24. The second kappa shape index (κ2) is 3.96. The highest BCUT2D eigenvalue weighted by atomic mass is 16.5. The minimum absolute atomic E-state index is 0.0713. The van der Waals surface area contributed by atoms with E-state index in [0.717, 1.165) is 5.56 Å². The molecule has 0 bridgehead atoms. The van der Waals surface area contributed by atoms with E-state index in [9.17, 15) is 0 Å². The highest BCUT2D eigenvalue weighted by Gasteiger charge is 2.32. The number of hydrogen-bond acceptors (Lipinski definition) is 4. The number of aromatic nitrogens is 2. The van der Waals surface area contributed by atoms with Gasteiger partial charge in [-0.05, 0) is 37.8 Å². The molecule has 2 aromatic rings. The molecule has 17 heavy (non-hydrogen) atoms. The Labute approximate surface area is 99.8 Å². The molecule has 1 heterocycles. The monoisotopic (exact) mass is 229 g/mol. The first-order valence-corrected chi connectivity index (χ1v) is 5.90. The van der Waals surface area contributed by atoms with Gasteiger partial charge in [0, 0.05) is 5.56 Å². The molecule has 0 amide bonds. The maximum Gasteiger partial charge on any atom is 0.257 e. The highest BCUT2D eigenvalue weighted by molar-refractivity contribution is 5.53. The normalized spacial score (nSPS) is 17.1.